The molecule has 0 N–H and O–H groups in total. The Morgan fingerprint density at radius 2 is 2.17 bits per heavy atom. The second-order valence-electron chi connectivity index (χ2n) is 4.61. The van der Waals surface area contributed by atoms with E-state index in [1.807, 2.05) is 0 Å². The third-order valence-corrected chi connectivity index (χ3v) is 2.92. The van der Waals surface area contributed by atoms with E-state index in [1.54, 1.807) is 0 Å². The largest absolute Gasteiger partial charge is 0.375 e. The van der Waals surface area contributed by atoms with Gasteiger partial charge in [-0.15, -0.1) is 0 Å². The average molecular weight is 167 g/mol. The summed E-state index contributed by atoms with van der Waals surface area (Å²) in [5.74, 6) is 0. The molecule has 1 aliphatic heterocycles. The Hall–Kier alpha value is -0.460. The van der Waals surface area contributed by atoms with Crippen LogP contribution in [0.2, 0.25) is 0 Å². The molecule has 0 aromatic rings. The summed E-state index contributed by atoms with van der Waals surface area (Å²) in [6, 6.07) is 0. The molecule has 0 aromatic heterocycles. The van der Waals surface area contributed by atoms with Crippen molar-refractivity contribution in [3.05, 3.63) is 12.3 Å². The molecule has 12 heavy (non-hydrogen) atoms. The van der Waals surface area contributed by atoms with Crippen molar-refractivity contribution in [1.29, 1.82) is 0 Å². The molecule has 70 valence electrons. The van der Waals surface area contributed by atoms with Gasteiger partial charge in [0.1, 0.15) is 0 Å². The van der Waals surface area contributed by atoms with Gasteiger partial charge in [-0.05, 0) is 24.7 Å². The summed E-state index contributed by atoms with van der Waals surface area (Å²) in [7, 11) is 0. The van der Waals surface area contributed by atoms with E-state index < -0.39 is 0 Å². The van der Waals surface area contributed by atoms with Crippen molar-refractivity contribution in [2.24, 2.45) is 5.41 Å². The van der Waals surface area contributed by atoms with E-state index in [-0.39, 0.29) is 0 Å². The molecule has 1 nitrogen and oxygen atoms in total. The molecular formula is C11H21N. The Morgan fingerprint density at radius 1 is 1.50 bits per heavy atom. The third-order valence-electron chi connectivity index (χ3n) is 2.92. The van der Waals surface area contributed by atoms with Gasteiger partial charge in [0.2, 0.25) is 0 Å². The zero-order valence-electron chi connectivity index (χ0n) is 8.69. The second kappa shape index (κ2) is 3.51. The van der Waals surface area contributed by atoms with E-state index in [4.69, 9.17) is 0 Å². The van der Waals surface area contributed by atoms with Crippen LogP contribution in [0.4, 0.5) is 0 Å². The van der Waals surface area contributed by atoms with E-state index >= 15 is 0 Å². The minimum absolute atomic E-state index is 0.452. The smallest absolute Gasteiger partial charge is 0.0225 e. The summed E-state index contributed by atoms with van der Waals surface area (Å²) in [4.78, 5) is 2.45. The molecule has 1 rings (SSSR count). The fourth-order valence-corrected chi connectivity index (χ4v) is 1.61. The lowest BCUT2D eigenvalue weighted by Crippen LogP contribution is -2.30. The van der Waals surface area contributed by atoms with Gasteiger partial charge in [-0.2, -0.15) is 0 Å². The summed E-state index contributed by atoms with van der Waals surface area (Å²) >= 11 is 0. The Bertz CT molecular complexity index is 170. The van der Waals surface area contributed by atoms with Crippen LogP contribution < -0.4 is 0 Å². The van der Waals surface area contributed by atoms with Crippen molar-refractivity contribution >= 4 is 0 Å². The van der Waals surface area contributed by atoms with Crippen LogP contribution in [0.3, 0.4) is 0 Å². The number of allylic oxidation sites excluding steroid dienone is 1. The highest BCUT2D eigenvalue weighted by atomic mass is 15.2. The third kappa shape index (κ3) is 2.26. The minimum atomic E-state index is 0.452. The first-order chi connectivity index (χ1) is 5.55. The molecule has 0 radical (unpaired) electrons. The molecule has 0 amide bonds. The molecule has 0 aromatic carbocycles. The quantitative estimate of drug-likeness (QED) is 0.624. The van der Waals surface area contributed by atoms with Crippen LogP contribution in [0.15, 0.2) is 12.3 Å². The van der Waals surface area contributed by atoms with Gasteiger partial charge < -0.3 is 4.90 Å². The van der Waals surface area contributed by atoms with Gasteiger partial charge in [-0.25, -0.2) is 0 Å². The Morgan fingerprint density at radius 3 is 2.58 bits per heavy atom. The van der Waals surface area contributed by atoms with Crippen LogP contribution in [0.5, 0.6) is 0 Å². The lowest BCUT2D eigenvalue weighted by atomic mass is 9.90. The van der Waals surface area contributed by atoms with Crippen LogP contribution in [0.1, 0.15) is 40.0 Å². The molecule has 1 saturated heterocycles. The van der Waals surface area contributed by atoms with E-state index in [1.165, 1.54) is 38.0 Å². The topological polar surface area (TPSA) is 3.24 Å². The predicted molar refractivity (Wildman–Crippen MR) is 54.0 cm³/mol. The molecule has 1 fully saturated rings. The maximum absolute atomic E-state index is 4.08. The van der Waals surface area contributed by atoms with Crippen LogP contribution in [0.25, 0.3) is 0 Å². The molecule has 1 heteroatoms. The van der Waals surface area contributed by atoms with Gasteiger partial charge in [0.25, 0.3) is 0 Å². The van der Waals surface area contributed by atoms with Crippen LogP contribution in [-0.4, -0.2) is 18.0 Å². The summed E-state index contributed by atoms with van der Waals surface area (Å²) in [6.45, 7) is 13.4. The Labute approximate surface area is 76.5 Å². The monoisotopic (exact) mass is 167 g/mol. The van der Waals surface area contributed by atoms with Crippen molar-refractivity contribution in [3.63, 3.8) is 0 Å². The summed E-state index contributed by atoms with van der Waals surface area (Å²) in [5, 5.41) is 0. The molecule has 0 aliphatic carbocycles. The van der Waals surface area contributed by atoms with E-state index in [9.17, 15) is 0 Å². The van der Waals surface area contributed by atoms with Crippen molar-refractivity contribution in [3.8, 4) is 0 Å². The number of hydrogen-bond donors (Lipinski definition) is 0. The summed E-state index contributed by atoms with van der Waals surface area (Å²) in [6.07, 6.45) is 3.76. The maximum atomic E-state index is 4.08. The molecule has 1 heterocycles. The van der Waals surface area contributed by atoms with E-state index in [0.717, 1.165) is 0 Å². The predicted octanol–water partition coefficient (Wildman–Crippen LogP) is 3.03. The average Bonchev–Trinajstić information content (AvgIpc) is 2.36. The highest BCUT2D eigenvalue weighted by molar-refractivity contribution is 5.00. The Kier molecular flexibility index (Phi) is 2.81. The highest BCUT2D eigenvalue weighted by Crippen LogP contribution is 2.27. The van der Waals surface area contributed by atoms with E-state index in [0.29, 0.717) is 5.41 Å². The summed E-state index contributed by atoms with van der Waals surface area (Å²) in [5.41, 5.74) is 1.80. The van der Waals surface area contributed by atoms with Gasteiger partial charge >= 0.3 is 0 Å². The molecule has 0 atom stereocenters. The van der Waals surface area contributed by atoms with Crippen LogP contribution in [-0.2, 0) is 0 Å². The molecule has 0 bridgehead atoms. The SMILES string of the molecule is C=C1CCCN1CC(C)(C)CC. The Balaban J connectivity index is 2.45. The van der Waals surface area contributed by atoms with E-state index in [2.05, 4.69) is 32.3 Å². The molecule has 1 aliphatic rings. The number of likely N-dealkylation sites (tertiary alicyclic amines) is 1. The normalized spacial score (nSPS) is 18.9. The van der Waals surface area contributed by atoms with Gasteiger partial charge in [0, 0.05) is 18.8 Å². The van der Waals surface area contributed by atoms with Gasteiger partial charge in [-0.3, -0.25) is 0 Å². The lowest BCUT2D eigenvalue weighted by Gasteiger charge is -2.30. The first kappa shape index (κ1) is 9.63. The number of nitrogens with zero attached hydrogens (tertiary/aromatic N) is 1. The molecule has 0 saturated carbocycles. The molecule has 0 spiro atoms. The minimum Gasteiger partial charge on any atom is -0.375 e. The first-order valence-electron chi connectivity index (χ1n) is 4.98. The van der Waals surface area contributed by atoms with Gasteiger partial charge in [-0.1, -0.05) is 27.4 Å². The lowest BCUT2D eigenvalue weighted by molar-refractivity contribution is 0.229. The fraction of sp³-hybridized carbons (Fsp3) is 0.818. The zero-order valence-corrected chi connectivity index (χ0v) is 8.69. The maximum Gasteiger partial charge on any atom is 0.0225 e. The van der Waals surface area contributed by atoms with Crippen molar-refractivity contribution < 1.29 is 0 Å². The summed E-state index contributed by atoms with van der Waals surface area (Å²) < 4.78 is 0. The highest BCUT2D eigenvalue weighted by Gasteiger charge is 2.23. The van der Waals surface area contributed by atoms with Crippen LogP contribution in [0, 0.1) is 5.41 Å². The van der Waals surface area contributed by atoms with Gasteiger partial charge in [0.15, 0.2) is 0 Å². The number of rotatable bonds is 3. The first-order valence-corrected chi connectivity index (χ1v) is 4.98. The standard InChI is InChI=1S/C11H21N/c1-5-11(3,4)9-12-8-6-7-10(12)2/h2,5-9H2,1,3-4H3. The van der Waals surface area contributed by atoms with Crippen molar-refractivity contribution in [1.82, 2.24) is 4.90 Å². The van der Waals surface area contributed by atoms with Crippen LogP contribution >= 0.6 is 0 Å². The second-order valence-corrected chi connectivity index (χ2v) is 4.61. The molecule has 0 unspecified atom stereocenters. The molecular weight excluding hydrogens is 146 g/mol. The van der Waals surface area contributed by atoms with Gasteiger partial charge in [0.05, 0.1) is 0 Å². The fourth-order valence-electron chi connectivity index (χ4n) is 1.61. The van der Waals surface area contributed by atoms with Crippen molar-refractivity contribution in [2.75, 3.05) is 13.1 Å². The van der Waals surface area contributed by atoms with Crippen molar-refractivity contribution in [2.45, 2.75) is 40.0 Å². The number of hydrogen-bond acceptors (Lipinski definition) is 1. The zero-order chi connectivity index (χ0) is 9.19.